The van der Waals surface area contributed by atoms with Crippen LogP contribution in [0.2, 0.25) is 0 Å². The third-order valence-corrected chi connectivity index (χ3v) is 10.6. The Kier molecular flexibility index (Phi) is 11.9. The van der Waals surface area contributed by atoms with Gasteiger partial charge in [-0.15, -0.1) is 5.10 Å². The van der Waals surface area contributed by atoms with Crippen molar-refractivity contribution in [3.05, 3.63) is 122 Å². The molecular formula is C45H48N16O2. The lowest BCUT2D eigenvalue weighted by molar-refractivity contribution is -0.111. The van der Waals surface area contributed by atoms with Crippen LogP contribution in [-0.2, 0) is 18.9 Å². The highest BCUT2D eigenvalue weighted by Crippen LogP contribution is 2.38. The number of aryl methyl sites for hydroxylation is 2. The first-order chi connectivity index (χ1) is 30.5. The molecule has 18 nitrogen and oxygen atoms in total. The molecule has 0 spiro atoms. The maximum absolute atomic E-state index is 12.2. The molecule has 1 unspecified atom stereocenters. The van der Waals surface area contributed by atoms with E-state index < -0.39 is 0 Å². The first kappa shape index (κ1) is 41.7. The molecule has 0 aliphatic carbocycles. The number of rotatable bonds is 13. The average molecular weight is 845 g/mol. The molecule has 0 saturated carbocycles. The number of carbonyl (C=O) groups is 1. The Morgan fingerprint density at radius 2 is 1.76 bits per heavy atom. The molecular weight excluding hydrogens is 797 g/mol. The lowest BCUT2D eigenvalue weighted by Crippen LogP contribution is -2.29. The number of para-hydroxylation sites is 1. The Morgan fingerprint density at radius 3 is 2.54 bits per heavy atom. The number of pyridine rings is 1. The molecule has 0 bridgehead atoms. The van der Waals surface area contributed by atoms with E-state index >= 15 is 0 Å². The number of hydrogen-bond acceptors (Lipinski definition) is 13. The summed E-state index contributed by atoms with van der Waals surface area (Å²) in [6.45, 7) is 7.25. The largest absolute Gasteiger partial charge is 0.494 e. The van der Waals surface area contributed by atoms with Crippen molar-refractivity contribution >= 4 is 56.8 Å². The Morgan fingerprint density at radius 1 is 0.921 bits per heavy atom. The summed E-state index contributed by atoms with van der Waals surface area (Å²) in [5.41, 5.74) is 9.82. The van der Waals surface area contributed by atoms with Gasteiger partial charge in [-0.05, 0) is 56.9 Å². The summed E-state index contributed by atoms with van der Waals surface area (Å²) >= 11 is 0. The van der Waals surface area contributed by atoms with Crippen LogP contribution >= 0.6 is 0 Å². The zero-order valence-corrected chi connectivity index (χ0v) is 36.2. The molecule has 0 saturated heterocycles. The normalized spacial score (nSPS) is 11.7. The number of likely N-dealkylation sites (N-methyl/N-ethyl adjacent to an activating group) is 2. The van der Waals surface area contributed by atoms with Gasteiger partial charge in [-0.3, -0.25) is 9.48 Å². The SMILES string of the molecule is C=CC(=O)Nc1cc(Nc2nccc(-c3cn(C)c4ccccc34)n2)c(OC)cc1N(C)CCN(C)C.CC(c1ccc2nccn2c1)n1nnc2ncc(-c3cnn(C)c3)nc21. The van der Waals surface area contributed by atoms with Crippen LogP contribution in [0, 0.1) is 0 Å². The van der Waals surface area contributed by atoms with Crippen molar-refractivity contribution in [1.29, 1.82) is 0 Å². The van der Waals surface area contributed by atoms with Crippen molar-refractivity contribution in [2.24, 2.45) is 14.1 Å². The molecule has 0 aliphatic rings. The van der Waals surface area contributed by atoms with Crippen LogP contribution < -0.4 is 20.3 Å². The maximum Gasteiger partial charge on any atom is 0.247 e. The highest BCUT2D eigenvalue weighted by Gasteiger charge is 2.19. The third-order valence-electron chi connectivity index (χ3n) is 10.6. The summed E-state index contributed by atoms with van der Waals surface area (Å²) in [6, 6.07) is 17.8. The van der Waals surface area contributed by atoms with Crippen LogP contribution in [0.4, 0.5) is 23.0 Å². The van der Waals surface area contributed by atoms with E-state index in [-0.39, 0.29) is 11.9 Å². The minimum Gasteiger partial charge on any atom is -0.494 e. The number of hydrogen-bond donors (Lipinski definition) is 2. The molecule has 1 amide bonds. The van der Waals surface area contributed by atoms with E-state index in [1.807, 2.05) is 101 Å². The molecule has 0 radical (unpaired) electrons. The average Bonchev–Trinajstić information content (AvgIpc) is 4.12. The number of nitrogens with zero attached hydrogens (tertiary/aromatic N) is 14. The number of imidazole rings is 1. The number of amides is 1. The van der Waals surface area contributed by atoms with Crippen molar-refractivity contribution in [1.82, 2.24) is 63.6 Å². The van der Waals surface area contributed by atoms with Crippen molar-refractivity contribution in [2.45, 2.75) is 13.0 Å². The molecule has 9 aromatic rings. The van der Waals surface area contributed by atoms with Crippen molar-refractivity contribution in [3.8, 4) is 28.3 Å². The summed E-state index contributed by atoms with van der Waals surface area (Å²) < 4.78 is 13.3. The summed E-state index contributed by atoms with van der Waals surface area (Å²) in [7, 11) is 11.5. The Labute approximate surface area is 363 Å². The fourth-order valence-corrected chi connectivity index (χ4v) is 7.15. The third kappa shape index (κ3) is 8.92. The van der Waals surface area contributed by atoms with E-state index in [0.29, 0.717) is 34.4 Å². The molecule has 320 valence electrons. The molecule has 0 aliphatic heterocycles. The number of aromatic nitrogens is 12. The minimum absolute atomic E-state index is 0.0507. The number of anilines is 4. The first-order valence-electron chi connectivity index (χ1n) is 20.1. The lowest BCUT2D eigenvalue weighted by atomic mass is 10.1. The summed E-state index contributed by atoms with van der Waals surface area (Å²) in [5, 5.41) is 19.9. The van der Waals surface area contributed by atoms with Crippen LogP contribution in [0.3, 0.4) is 0 Å². The molecule has 9 rings (SSSR count). The van der Waals surface area contributed by atoms with Crippen molar-refractivity contribution in [3.63, 3.8) is 0 Å². The fourth-order valence-electron chi connectivity index (χ4n) is 7.15. The quantitative estimate of drug-likeness (QED) is 0.122. The van der Waals surface area contributed by atoms with E-state index in [2.05, 4.69) is 87.2 Å². The molecule has 0 fully saturated rings. The van der Waals surface area contributed by atoms with E-state index in [9.17, 15) is 4.79 Å². The maximum atomic E-state index is 12.2. The summed E-state index contributed by atoms with van der Waals surface area (Å²) in [6.07, 6.45) is 16.1. The van der Waals surface area contributed by atoms with Gasteiger partial charge in [-0.25, -0.2) is 29.6 Å². The van der Waals surface area contributed by atoms with E-state index in [0.717, 1.165) is 63.4 Å². The van der Waals surface area contributed by atoms with Gasteiger partial charge in [0.2, 0.25) is 17.5 Å². The summed E-state index contributed by atoms with van der Waals surface area (Å²) in [4.78, 5) is 39.0. The Hall–Kier alpha value is -7.99. The number of ether oxygens (including phenoxy) is 1. The summed E-state index contributed by atoms with van der Waals surface area (Å²) in [5.74, 6) is 0.716. The van der Waals surface area contributed by atoms with Gasteiger partial charge in [0, 0.05) is 99.5 Å². The smallest absolute Gasteiger partial charge is 0.247 e. The van der Waals surface area contributed by atoms with Gasteiger partial charge in [-0.2, -0.15) is 5.10 Å². The standard InChI is InChI=1S/C28H33N7O2.C17H15N9/c1-7-27(36)30-22-16-23(26(37-6)17-25(22)34(4)15-14-33(2)3)32-28-29-13-12-21(31-28)20-18-35(5)24-11-9-8-10-19(20)24;1-11(12-3-4-15-18-5-6-25(15)10-12)26-17-16(22-23-26)19-8-14(21-17)13-7-20-24(2)9-13/h7-13,16-18H,1,14-15H2,2-6H3,(H,30,36)(H,29,31,32);3-11H,1-2H3. The minimum atomic E-state index is -0.299. The molecule has 1 atom stereocenters. The van der Waals surface area contributed by atoms with Crippen molar-refractivity contribution in [2.75, 3.05) is 56.9 Å². The molecule has 7 aromatic heterocycles. The topological polar surface area (TPSA) is 179 Å². The van der Waals surface area contributed by atoms with Gasteiger partial charge in [-0.1, -0.05) is 36.1 Å². The Balaban J connectivity index is 0.000000183. The van der Waals surface area contributed by atoms with E-state index in [4.69, 9.17) is 14.7 Å². The molecule has 2 aromatic carbocycles. The molecule has 63 heavy (non-hydrogen) atoms. The van der Waals surface area contributed by atoms with Gasteiger partial charge in [0.25, 0.3) is 0 Å². The number of methoxy groups -OCH3 is 1. The second-order valence-electron chi connectivity index (χ2n) is 15.2. The highest BCUT2D eigenvalue weighted by atomic mass is 16.5. The molecule has 7 heterocycles. The zero-order chi connectivity index (χ0) is 44.2. The number of benzene rings is 2. The Bertz CT molecular complexity index is 3070. The van der Waals surface area contributed by atoms with Crippen LogP contribution in [-0.4, -0.2) is 111 Å². The number of nitrogens with one attached hydrogen (secondary N) is 2. The second kappa shape index (κ2) is 17.9. The predicted octanol–water partition coefficient (Wildman–Crippen LogP) is 6.39. The van der Waals surface area contributed by atoms with Crippen LogP contribution in [0.15, 0.2) is 117 Å². The lowest BCUT2D eigenvalue weighted by Gasteiger charge is -2.26. The van der Waals surface area contributed by atoms with Gasteiger partial charge < -0.3 is 34.1 Å². The number of carbonyl (C=O) groups excluding carboxylic acids is 1. The van der Waals surface area contributed by atoms with Gasteiger partial charge in [0.1, 0.15) is 11.4 Å². The van der Waals surface area contributed by atoms with Gasteiger partial charge in [0.15, 0.2) is 5.65 Å². The van der Waals surface area contributed by atoms with Gasteiger partial charge >= 0.3 is 0 Å². The van der Waals surface area contributed by atoms with Gasteiger partial charge in [0.05, 0.1) is 54.0 Å². The number of fused-ring (bicyclic) bond motifs is 3. The second-order valence-corrected chi connectivity index (χ2v) is 15.2. The van der Waals surface area contributed by atoms with Crippen LogP contribution in [0.25, 0.3) is 50.4 Å². The fraction of sp³-hybridized carbons (Fsp3) is 0.222. The van der Waals surface area contributed by atoms with E-state index in [1.165, 1.54) is 6.08 Å². The molecule has 2 N–H and O–H groups in total. The highest BCUT2D eigenvalue weighted by molar-refractivity contribution is 6.02. The van der Waals surface area contributed by atoms with Crippen LogP contribution in [0.1, 0.15) is 18.5 Å². The van der Waals surface area contributed by atoms with Crippen LogP contribution in [0.5, 0.6) is 5.75 Å². The van der Waals surface area contributed by atoms with Crippen molar-refractivity contribution < 1.29 is 9.53 Å². The van der Waals surface area contributed by atoms with E-state index in [1.54, 1.807) is 41.3 Å². The predicted molar refractivity (Wildman–Crippen MR) is 245 cm³/mol. The molecule has 18 heteroatoms. The first-order valence-corrected chi connectivity index (χ1v) is 20.1. The zero-order valence-electron chi connectivity index (χ0n) is 36.2. The monoisotopic (exact) mass is 844 g/mol.